The number of nitrogens with one attached hydrogen (secondary N) is 1. The normalized spacial score (nSPS) is 9.75. The monoisotopic (exact) mass is 297 g/mol. The fraction of sp³-hybridized carbons (Fsp3) is 0.143. The molecule has 0 aromatic heterocycles. The minimum absolute atomic E-state index is 0.273. The van der Waals surface area contributed by atoms with Crippen molar-refractivity contribution < 1.29 is 8.39 Å². The molecule has 0 bridgehead atoms. The van der Waals surface area contributed by atoms with E-state index in [0.717, 1.165) is 11.3 Å². The molecular formula is C7H8INO2S. The molecule has 5 heteroatoms. The molecule has 1 N–H and O–H groups in total. The molecule has 0 aliphatic heterocycles. The molecule has 0 heterocycles. The lowest BCUT2D eigenvalue weighted by atomic mass is 10.2. The van der Waals surface area contributed by atoms with Crippen molar-refractivity contribution in [3.8, 4) is 0 Å². The zero-order chi connectivity index (χ0) is 8.81. The number of hydrogen-bond donors (Lipinski definition) is 2. The molecule has 0 aliphatic rings. The van der Waals surface area contributed by atoms with E-state index in [2.05, 4.69) is 30.6 Å². The van der Waals surface area contributed by atoms with Crippen molar-refractivity contribution in [3.05, 3.63) is 29.8 Å². The number of hydrogen-bond acceptors (Lipinski definition) is 3. The lowest BCUT2D eigenvalue weighted by Crippen LogP contribution is -1.87. The summed E-state index contributed by atoms with van der Waals surface area (Å²) in [4.78, 5) is 0. The molecule has 0 fully saturated rings. The van der Waals surface area contributed by atoms with Gasteiger partial charge in [0, 0.05) is 5.69 Å². The van der Waals surface area contributed by atoms with Gasteiger partial charge in [-0.3, -0.25) is 4.18 Å². The van der Waals surface area contributed by atoms with Crippen LogP contribution in [0.25, 0.3) is 0 Å². The molecule has 3 nitrogen and oxygen atoms in total. The summed E-state index contributed by atoms with van der Waals surface area (Å²) in [5, 5.41) is 0. The number of thiol groups is 1. The van der Waals surface area contributed by atoms with Gasteiger partial charge >= 0.3 is 0 Å². The van der Waals surface area contributed by atoms with Gasteiger partial charge in [-0.05, 0) is 17.7 Å². The van der Waals surface area contributed by atoms with Crippen molar-refractivity contribution in [2.75, 3.05) is 3.53 Å². The molecule has 12 heavy (non-hydrogen) atoms. The summed E-state index contributed by atoms with van der Waals surface area (Å²) in [5.74, 6) is 0. The second kappa shape index (κ2) is 5.50. The van der Waals surface area contributed by atoms with Crippen LogP contribution in [-0.4, -0.2) is 4.21 Å². The van der Waals surface area contributed by atoms with Crippen LogP contribution in [0, 0.1) is 0 Å². The van der Waals surface area contributed by atoms with Crippen molar-refractivity contribution in [1.82, 2.24) is 0 Å². The van der Waals surface area contributed by atoms with E-state index >= 15 is 0 Å². The van der Waals surface area contributed by atoms with Crippen LogP contribution in [0.3, 0.4) is 0 Å². The van der Waals surface area contributed by atoms with Crippen molar-refractivity contribution in [3.63, 3.8) is 0 Å². The Morgan fingerprint density at radius 3 is 2.58 bits per heavy atom. The maximum Gasteiger partial charge on any atom is 0.142 e. The largest absolute Gasteiger partial charge is 0.328 e. The van der Waals surface area contributed by atoms with E-state index < -0.39 is 0 Å². The molecule has 0 aliphatic carbocycles. The first-order chi connectivity index (χ1) is 5.86. The SMILES string of the molecule is O=[SH]OCc1ccc(NI)cc1. The summed E-state index contributed by atoms with van der Waals surface area (Å²) in [6, 6.07) is 7.72. The van der Waals surface area contributed by atoms with Crippen molar-refractivity contribution in [2.45, 2.75) is 6.61 Å². The minimum Gasteiger partial charge on any atom is -0.328 e. The molecular weight excluding hydrogens is 289 g/mol. The Hall–Kier alpha value is -0.140. The topological polar surface area (TPSA) is 38.3 Å². The molecule has 0 radical (unpaired) electrons. The van der Waals surface area contributed by atoms with Gasteiger partial charge in [-0.25, -0.2) is 4.21 Å². The molecule has 1 rings (SSSR count). The Morgan fingerprint density at radius 1 is 1.42 bits per heavy atom. The van der Waals surface area contributed by atoms with Gasteiger partial charge < -0.3 is 3.53 Å². The van der Waals surface area contributed by atoms with E-state index in [4.69, 9.17) is 0 Å². The molecule has 1 aromatic carbocycles. The lowest BCUT2D eigenvalue weighted by molar-refractivity contribution is 0.349. The number of rotatable bonds is 4. The van der Waals surface area contributed by atoms with Crippen LogP contribution in [0.4, 0.5) is 5.69 Å². The fourth-order valence-corrected chi connectivity index (χ4v) is 1.33. The van der Waals surface area contributed by atoms with Crippen molar-refractivity contribution in [2.24, 2.45) is 0 Å². The smallest absolute Gasteiger partial charge is 0.142 e. The van der Waals surface area contributed by atoms with Gasteiger partial charge in [0.2, 0.25) is 0 Å². The first-order valence-electron chi connectivity index (χ1n) is 3.27. The van der Waals surface area contributed by atoms with Crippen LogP contribution in [0.15, 0.2) is 24.3 Å². The Morgan fingerprint density at radius 2 is 2.08 bits per heavy atom. The maximum atomic E-state index is 9.96. The van der Waals surface area contributed by atoms with E-state index in [0.29, 0.717) is 6.61 Å². The van der Waals surface area contributed by atoms with Crippen LogP contribution in [-0.2, 0) is 22.7 Å². The zero-order valence-electron chi connectivity index (χ0n) is 6.16. The molecule has 0 saturated carbocycles. The van der Waals surface area contributed by atoms with Gasteiger partial charge in [0.15, 0.2) is 0 Å². The van der Waals surface area contributed by atoms with E-state index in [1.54, 1.807) is 0 Å². The van der Waals surface area contributed by atoms with Gasteiger partial charge in [0.05, 0.1) is 29.5 Å². The second-order valence-electron chi connectivity index (χ2n) is 2.14. The lowest BCUT2D eigenvalue weighted by Gasteiger charge is -2.00. The van der Waals surface area contributed by atoms with Gasteiger partial charge in [0.25, 0.3) is 0 Å². The van der Waals surface area contributed by atoms with Crippen molar-refractivity contribution in [1.29, 1.82) is 0 Å². The maximum absolute atomic E-state index is 9.96. The van der Waals surface area contributed by atoms with E-state index in [1.165, 1.54) is 0 Å². The minimum atomic E-state index is -0.273. The van der Waals surface area contributed by atoms with Crippen molar-refractivity contribution >= 4 is 40.5 Å². The van der Waals surface area contributed by atoms with E-state index in [1.807, 2.05) is 24.3 Å². The van der Waals surface area contributed by atoms with Crippen LogP contribution >= 0.6 is 22.9 Å². The molecule has 0 spiro atoms. The summed E-state index contributed by atoms with van der Waals surface area (Å²) < 4.78 is 17.6. The average molecular weight is 297 g/mol. The molecule has 0 atom stereocenters. The highest BCUT2D eigenvalue weighted by molar-refractivity contribution is 14.1. The summed E-state index contributed by atoms with van der Waals surface area (Å²) in [7, 11) is 0. The number of halogens is 1. The third-order valence-electron chi connectivity index (χ3n) is 1.35. The van der Waals surface area contributed by atoms with Crippen LogP contribution < -0.4 is 3.53 Å². The molecule has 1 aromatic rings. The first-order valence-corrected chi connectivity index (χ1v) is 5.08. The van der Waals surface area contributed by atoms with Crippen LogP contribution in [0.1, 0.15) is 5.56 Å². The summed E-state index contributed by atoms with van der Waals surface area (Å²) in [6.45, 7) is 0.382. The highest BCUT2D eigenvalue weighted by atomic mass is 127. The fourth-order valence-electron chi connectivity index (χ4n) is 0.765. The average Bonchev–Trinajstić information content (AvgIpc) is 2.15. The second-order valence-corrected chi connectivity index (χ2v) is 3.09. The molecule has 0 amide bonds. The van der Waals surface area contributed by atoms with E-state index in [-0.39, 0.29) is 11.9 Å². The van der Waals surface area contributed by atoms with E-state index in [9.17, 15) is 4.21 Å². The number of benzene rings is 1. The Balaban J connectivity index is 2.58. The van der Waals surface area contributed by atoms with Crippen LogP contribution in [0.2, 0.25) is 0 Å². The summed E-state index contributed by atoms with van der Waals surface area (Å²) >= 11 is 1.79. The van der Waals surface area contributed by atoms with Crippen LogP contribution in [0.5, 0.6) is 0 Å². The van der Waals surface area contributed by atoms with Gasteiger partial charge in [-0.2, -0.15) is 0 Å². The third kappa shape index (κ3) is 3.08. The van der Waals surface area contributed by atoms with Gasteiger partial charge in [0.1, 0.15) is 11.9 Å². The zero-order valence-corrected chi connectivity index (χ0v) is 9.21. The predicted octanol–water partition coefficient (Wildman–Crippen LogP) is 1.83. The highest BCUT2D eigenvalue weighted by Gasteiger charge is 1.92. The molecule has 0 saturated heterocycles. The first kappa shape index (κ1) is 9.94. The Kier molecular flexibility index (Phi) is 4.55. The quantitative estimate of drug-likeness (QED) is 0.506. The highest BCUT2D eigenvalue weighted by Crippen LogP contribution is 2.11. The number of anilines is 1. The summed E-state index contributed by atoms with van der Waals surface area (Å²) in [6.07, 6.45) is 0. The summed E-state index contributed by atoms with van der Waals surface area (Å²) in [5.41, 5.74) is 2.05. The molecule has 0 unspecified atom stereocenters. The van der Waals surface area contributed by atoms with Gasteiger partial charge in [-0.1, -0.05) is 12.1 Å². The molecule has 66 valence electrons. The predicted molar refractivity (Wildman–Crippen MR) is 58.4 cm³/mol. The Labute approximate surface area is 88.7 Å². The standard InChI is InChI=1S/C7H8INO2S/c8-9-7-3-1-6(2-4-7)5-11-12-10/h1-4,9,12H,5H2. The Bertz CT molecular complexity index is 252. The third-order valence-corrected chi connectivity index (χ3v) is 2.20. The van der Waals surface area contributed by atoms with Gasteiger partial charge in [-0.15, -0.1) is 0 Å².